The van der Waals surface area contributed by atoms with Crippen LogP contribution in [0.2, 0.25) is 10.0 Å². The number of carboxylic acid groups (broad SMARTS) is 1. The van der Waals surface area contributed by atoms with E-state index in [0.29, 0.717) is 28.8 Å². The Labute approximate surface area is 234 Å². The number of hydrogen-bond acceptors (Lipinski definition) is 3. The van der Waals surface area contributed by atoms with Crippen LogP contribution in [0.15, 0.2) is 72.5 Å². The quantitative estimate of drug-likeness (QED) is 0.369. The zero-order valence-corrected chi connectivity index (χ0v) is 23.3. The fraction of sp³-hybridized carbons (Fsp3) is 0.419. The highest BCUT2D eigenvalue weighted by Gasteiger charge is 2.53. The average Bonchev–Trinajstić information content (AvgIpc) is 3.73. The lowest BCUT2D eigenvalue weighted by molar-refractivity contribution is -0.165. The van der Waals surface area contributed by atoms with Gasteiger partial charge in [0.25, 0.3) is 0 Å². The van der Waals surface area contributed by atoms with Crippen molar-refractivity contribution in [1.82, 2.24) is 9.80 Å². The predicted molar refractivity (Wildman–Crippen MR) is 151 cm³/mol. The molecule has 1 amide bonds. The minimum absolute atomic E-state index is 0.116. The van der Waals surface area contributed by atoms with Gasteiger partial charge in [0.05, 0.1) is 17.9 Å². The summed E-state index contributed by atoms with van der Waals surface area (Å²) in [6, 6.07) is 15.1. The van der Waals surface area contributed by atoms with E-state index in [2.05, 4.69) is 30.1 Å². The molecule has 3 aliphatic rings. The van der Waals surface area contributed by atoms with E-state index in [0.717, 1.165) is 30.5 Å². The number of carbonyl (C=O) groups excluding carboxylic acids is 1. The van der Waals surface area contributed by atoms with Gasteiger partial charge in [-0.2, -0.15) is 0 Å². The van der Waals surface area contributed by atoms with Gasteiger partial charge in [-0.1, -0.05) is 73.5 Å². The summed E-state index contributed by atoms with van der Waals surface area (Å²) in [5, 5.41) is 11.1. The molecule has 38 heavy (non-hydrogen) atoms. The van der Waals surface area contributed by atoms with E-state index in [1.165, 1.54) is 5.70 Å². The number of aliphatic carboxylic acids is 1. The van der Waals surface area contributed by atoms with Gasteiger partial charge < -0.3 is 14.9 Å². The smallest absolute Gasteiger partial charge is 0.304 e. The molecule has 0 spiro atoms. The first-order chi connectivity index (χ1) is 18.2. The topological polar surface area (TPSA) is 60.9 Å². The van der Waals surface area contributed by atoms with E-state index < -0.39 is 11.4 Å². The van der Waals surface area contributed by atoms with Crippen molar-refractivity contribution in [1.29, 1.82) is 0 Å². The minimum Gasteiger partial charge on any atom is -0.481 e. The molecular formula is C31H34Cl2N2O3. The molecule has 2 aromatic carbocycles. The monoisotopic (exact) mass is 552 g/mol. The maximum absolute atomic E-state index is 14.6. The SMILES string of the molecule is CCC(N1CC=CC=C1C1CC1)N1C(=O)C(C)(CC(=O)O)CC(c2cccc(Cl)c2)C1c1ccc(Cl)cc1. The van der Waals surface area contributed by atoms with E-state index in [9.17, 15) is 14.7 Å². The fourth-order valence-electron chi connectivity index (χ4n) is 6.36. The second kappa shape index (κ2) is 10.8. The lowest BCUT2D eigenvalue weighted by Crippen LogP contribution is -2.60. The third-order valence-corrected chi connectivity index (χ3v) is 8.70. The van der Waals surface area contributed by atoms with Crippen LogP contribution in [0, 0.1) is 11.3 Å². The molecule has 4 atom stereocenters. The number of likely N-dealkylation sites (tertiary alicyclic amines) is 1. The second-order valence-electron chi connectivity index (χ2n) is 11.0. The molecule has 7 heteroatoms. The first kappa shape index (κ1) is 26.8. The largest absolute Gasteiger partial charge is 0.481 e. The van der Waals surface area contributed by atoms with Crippen molar-refractivity contribution in [2.45, 2.75) is 64.1 Å². The fourth-order valence-corrected chi connectivity index (χ4v) is 6.69. The molecule has 2 heterocycles. The molecule has 2 aromatic rings. The van der Waals surface area contributed by atoms with Crippen LogP contribution in [0.1, 0.15) is 69.0 Å². The Morgan fingerprint density at radius 2 is 1.84 bits per heavy atom. The highest BCUT2D eigenvalue weighted by Crippen LogP contribution is 2.53. The summed E-state index contributed by atoms with van der Waals surface area (Å²) in [5.74, 6) is -0.727. The first-order valence-electron chi connectivity index (χ1n) is 13.4. The first-order valence-corrected chi connectivity index (χ1v) is 14.2. The van der Waals surface area contributed by atoms with Crippen LogP contribution in [0.25, 0.3) is 0 Å². The molecule has 200 valence electrons. The third kappa shape index (κ3) is 5.23. The van der Waals surface area contributed by atoms with Gasteiger partial charge in [-0.15, -0.1) is 0 Å². The normalized spacial score (nSPS) is 26.3. The maximum Gasteiger partial charge on any atom is 0.304 e. The van der Waals surface area contributed by atoms with E-state index in [1.807, 2.05) is 60.4 Å². The van der Waals surface area contributed by atoms with Crippen molar-refractivity contribution < 1.29 is 14.7 Å². The van der Waals surface area contributed by atoms with E-state index in [-0.39, 0.29) is 30.5 Å². The summed E-state index contributed by atoms with van der Waals surface area (Å²) in [6.07, 6.45) is 9.39. The Bertz CT molecular complexity index is 1270. The van der Waals surface area contributed by atoms with E-state index in [1.54, 1.807) is 0 Å². The van der Waals surface area contributed by atoms with Crippen LogP contribution in [0.5, 0.6) is 0 Å². The summed E-state index contributed by atoms with van der Waals surface area (Å²) in [7, 11) is 0. The number of hydrogen-bond donors (Lipinski definition) is 1. The average molecular weight is 554 g/mol. The molecule has 4 unspecified atom stereocenters. The Kier molecular flexibility index (Phi) is 7.61. The van der Waals surface area contributed by atoms with Crippen LogP contribution in [-0.4, -0.2) is 39.5 Å². The molecule has 1 saturated carbocycles. The van der Waals surface area contributed by atoms with Gasteiger partial charge in [0.2, 0.25) is 5.91 Å². The van der Waals surface area contributed by atoms with Gasteiger partial charge in [0.15, 0.2) is 0 Å². The molecule has 1 aliphatic carbocycles. The van der Waals surface area contributed by atoms with Gasteiger partial charge in [0, 0.05) is 28.2 Å². The highest BCUT2D eigenvalue weighted by molar-refractivity contribution is 6.30. The van der Waals surface area contributed by atoms with Crippen molar-refractivity contribution >= 4 is 35.1 Å². The molecule has 0 bridgehead atoms. The minimum atomic E-state index is -1.07. The predicted octanol–water partition coefficient (Wildman–Crippen LogP) is 7.43. The van der Waals surface area contributed by atoms with Gasteiger partial charge in [-0.3, -0.25) is 9.59 Å². The van der Waals surface area contributed by atoms with Crippen molar-refractivity contribution in [3.05, 3.63) is 93.6 Å². The number of allylic oxidation sites excluding steroid dienone is 3. The van der Waals surface area contributed by atoms with Crippen LogP contribution < -0.4 is 0 Å². The Morgan fingerprint density at radius 1 is 1.11 bits per heavy atom. The molecule has 0 radical (unpaired) electrons. The van der Waals surface area contributed by atoms with Crippen LogP contribution in [0.3, 0.4) is 0 Å². The van der Waals surface area contributed by atoms with Crippen molar-refractivity contribution in [3.8, 4) is 0 Å². The summed E-state index contributed by atoms with van der Waals surface area (Å²) in [6.45, 7) is 4.64. The number of rotatable bonds is 8. The van der Waals surface area contributed by atoms with Gasteiger partial charge >= 0.3 is 5.97 Å². The highest BCUT2D eigenvalue weighted by atomic mass is 35.5. The zero-order valence-electron chi connectivity index (χ0n) is 21.8. The van der Waals surface area contributed by atoms with E-state index in [4.69, 9.17) is 23.2 Å². The molecule has 2 fully saturated rings. The maximum atomic E-state index is 14.6. The molecule has 2 aliphatic heterocycles. The summed E-state index contributed by atoms with van der Waals surface area (Å²) >= 11 is 12.7. The van der Waals surface area contributed by atoms with E-state index >= 15 is 0 Å². The Balaban J connectivity index is 1.68. The number of piperidine rings is 1. The Morgan fingerprint density at radius 3 is 2.47 bits per heavy atom. The molecule has 1 saturated heterocycles. The second-order valence-corrected chi connectivity index (χ2v) is 11.9. The number of nitrogens with zero attached hydrogens (tertiary/aromatic N) is 2. The molecule has 5 rings (SSSR count). The molecular weight excluding hydrogens is 519 g/mol. The van der Waals surface area contributed by atoms with Crippen LogP contribution >= 0.6 is 23.2 Å². The number of benzene rings is 2. The lowest BCUT2D eigenvalue weighted by Gasteiger charge is -2.54. The van der Waals surface area contributed by atoms with Gasteiger partial charge in [0.1, 0.15) is 6.17 Å². The standard InChI is InChI=1S/C31H34Cl2N2O3/c1-3-27(34-16-5-4-9-26(34)20-10-11-20)35-29(21-12-14-23(32)15-13-21)25(22-7-6-8-24(33)17-22)18-31(2,30(35)38)19-28(36)37/h4-9,12-15,17,20,25,27,29H,3,10-11,16,18-19H2,1-2H3,(H,36,37). The number of halogens is 2. The van der Waals surface area contributed by atoms with Crippen molar-refractivity contribution in [2.75, 3.05) is 6.54 Å². The van der Waals surface area contributed by atoms with Crippen molar-refractivity contribution in [2.24, 2.45) is 11.3 Å². The molecule has 5 nitrogen and oxygen atoms in total. The number of carboxylic acids is 1. The number of carbonyl (C=O) groups is 2. The Hall–Kier alpha value is -2.76. The number of amides is 1. The van der Waals surface area contributed by atoms with Crippen molar-refractivity contribution in [3.63, 3.8) is 0 Å². The summed E-state index contributed by atoms with van der Waals surface area (Å²) in [5.41, 5.74) is 2.18. The van der Waals surface area contributed by atoms with Crippen LogP contribution in [-0.2, 0) is 9.59 Å². The third-order valence-electron chi connectivity index (χ3n) is 8.21. The van der Waals surface area contributed by atoms with Gasteiger partial charge in [-0.25, -0.2) is 0 Å². The molecule has 1 N–H and O–H groups in total. The van der Waals surface area contributed by atoms with Gasteiger partial charge in [-0.05, 0) is 73.1 Å². The lowest BCUT2D eigenvalue weighted by atomic mass is 9.67. The van der Waals surface area contributed by atoms with Crippen LogP contribution in [0.4, 0.5) is 0 Å². The zero-order chi connectivity index (χ0) is 27.0. The summed E-state index contributed by atoms with van der Waals surface area (Å²) < 4.78 is 0. The molecule has 0 aromatic heterocycles. The summed E-state index contributed by atoms with van der Waals surface area (Å²) in [4.78, 5) is 31.0.